The first-order valence-corrected chi connectivity index (χ1v) is 16.2. The number of unbranched alkanes of at least 4 members (excludes halogenated alkanes) is 15. The Morgan fingerprint density at radius 1 is 0.897 bits per heavy atom. The first-order valence-electron chi connectivity index (χ1n) is 14.7. The second-order valence-corrected chi connectivity index (χ2v) is 11.9. The average molecular weight is 576 g/mol. The van der Waals surface area contributed by atoms with Gasteiger partial charge in [-0.1, -0.05) is 103 Å². The van der Waals surface area contributed by atoms with Crippen molar-refractivity contribution in [2.45, 2.75) is 134 Å². The second-order valence-electron chi connectivity index (χ2n) is 10.5. The maximum absolute atomic E-state index is 12.2. The highest BCUT2D eigenvalue weighted by atomic mass is 31.2. The third kappa shape index (κ3) is 13.3. The number of rotatable bonds is 22. The van der Waals surface area contributed by atoms with E-state index >= 15 is 0 Å². The van der Waals surface area contributed by atoms with Gasteiger partial charge in [0.2, 0.25) is 0 Å². The Hall–Kier alpha value is -1.33. The van der Waals surface area contributed by atoms with Gasteiger partial charge in [-0.05, 0) is 12.5 Å². The zero-order valence-electron chi connectivity index (χ0n) is 23.5. The first-order chi connectivity index (χ1) is 18.7. The number of ether oxygens (including phenoxy) is 1. The smallest absolute Gasteiger partial charge is 0.387 e. The molecule has 0 amide bonds. The summed E-state index contributed by atoms with van der Waals surface area (Å²) in [6.07, 6.45) is 15.8. The van der Waals surface area contributed by atoms with Crippen LogP contribution < -0.4 is 11.4 Å². The summed E-state index contributed by atoms with van der Waals surface area (Å²) in [6, 6.07) is 1.35. The van der Waals surface area contributed by atoms with Crippen LogP contribution >= 0.6 is 7.82 Å². The van der Waals surface area contributed by atoms with Crippen molar-refractivity contribution >= 4 is 13.6 Å². The Morgan fingerprint density at radius 3 is 1.92 bits per heavy atom. The third-order valence-electron chi connectivity index (χ3n) is 7.12. The van der Waals surface area contributed by atoms with Gasteiger partial charge in [0.15, 0.2) is 6.23 Å². The van der Waals surface area contributed by atoms with Crippen molar-refractivity contribution in [3.63, 3.8) is 0 Å². The molecule has 1 saturated heterocycles. The number of nitrogens with two attached hydrogens (primary N) is 1. The minimum Gasteiger partial charge on any atom is -0.387 e. The van der Waals surface area contributed by atoms with Crippen molar-refractivity contribution < 1.29 is 33.5 Å². The lowest BCUT2D eigenvalue weighted by molar-refractivity contribution is -0.0551. The molecular weight excluding hydrogens is 525 g/mol. The van der Waals surface area contributed by atoms with E-state index in [-0.39, 0.29) is 12.4 Å². The normalized spacial score (nSPS) is 22.8. The van der Waals surface area contributed by atoms with Gasteiger partial charge in [0.05, 0.1) is 13.2 Å². The highest BCUT2D eigenvalue weighted by molar-refractivity contribution is 7.47. The van der Waals surface area contributed by atoms with Crippen LogP contribution in [0.15, 0.2) is 17.1 Å². The zero-order chi connectivity index (χ0) is 28.5. The Labute approximate surface area is 232 Å². The predicted molar refractivity (Wildman–Crippen MR) is 150 cm³/mol. The minimum atomic E-state index is -4.36. The molecule has 1 aromatic rings. The molecule has 5 N–H and O–H groups in total. The Kier molecular flexibility index (Phi) is 16.4. The number of hydrogen-bond donors (Lipinski definition) is 4. The van der Waals surface area contributed by atoms with Gasteiger partial charge in [0.25, 0.3) is 0 Å². The number of hydrogen-bond acceptors (Lipinski definition) is 9. The van der Waals surface area contributed by atoms with E-state index in [0.717, 1.165) is 23.8 Å². The molecule has 39 heavy (non-hydrogen) atoms. The summed E-state index contributed by atoms with van der Waals surface area (Å²) in [5.74, 6) is 0.00637. The molecule has 0 aliphatic carbocycles. The summed E-state index contributed by atoms with van der Waals surface area (Å²) < 4.78 is 28.7. The van der Waals surface area contributed by atoms with E-state index in [1.165, 1.54) is 89.3 Å². The van der Waals surface area contributed by atoms with E-state index in [4.69, 9.17) is 19.5 Å². The van der Waals surface area contributed by atoms with Crippen molar-refractivity contribution in [1.29, 1.82) is 0 Å². The van der Waals surface area contributed by atoms with E-state index in [1.807, 2.05) is 0 Å². The number of nitrogen functional groups attached to an aromatic ring is 1. The summed E-state index contributed by atoms with van der Waals surface area (Å²) in [5, 5.41) is 20.5. The van der Waals surface area contributed by atoms with Crippen LogP contribution in [0.3, 0.4) is 0 Å². The van der Waals surface area contributed by atoms with Crippen LogP contribution in [0.25, 0.3) is 0 Å². The molecule has 0 aromatic carbocycles. The number of nitrogens with zero attached hydrogens (tertiary/aromatic N) is 2. The Balaban J connectivity index is 1.48. The average Bonchev–Trinajstić information content (AvgIpc) is 3.18. The van der Waals surface area contributed by atoms with Crippen LogP contribution in [-0.4, -0.2) is 56.2 Å². The van der Waals surface area contributed by atoms with Crippen LogP contribution in [0.1, 0.15) is 116 Å². The number of aliphatic hydroxyl groups excluding tert-OH is 2. The molecule has 12 heteroatoms. The number of phosphoric ester groups is 1. The quantitative estimate of drug-likeness (QED) is 0.111. The summed E-state index contributed by atoms with van der Waals surface area (Å²) in [5.41, 5.74) is 4.70. The molecule has 0 saturated carbocycles. The lowest BCUT2D eigenvalue weighted by Crippen LogP contribution is -2.36. The topological polar surface area (TPSA) is 166 Å². The van der Waals surface area contributed by atoms with Gasteiger partial charge in [0, 0.05) is 6.20 Å². The molecular formula is C27H50N3O8P. The number of aromatic nitrogens is 2. The molecule has 0 bridgehead atoms. The van der Waals surface area contributed by atoms with Crippen LogP contribution in [0.2, 0.25) is 0 Å². The molecule has 5 atom stereocenters. The van der Waals surface area contributed by atoms with E-state index < -0.39 is 44.7 Å². The fourth-order valence-corrected chi connectivity index (χ4v) is 5.52. The fraction of sp³-hybridized carbons (Fsp3) is 0.852. The fourth-order valence-electron chi connectivity index (χ4n) is 4.75. The van der Waals surface area contributed by atoms with Crippen LogP contribution in [0.5, 0.6) is 0 Å². The van der Waals surface area contributed by atoms with Gasteiger partial charge in [-0.2, -0.15) is 4.98 Å². The molecule has 0 radical (unpaired) electrons. The van der Waals surface area contributed by atoms with Crippen LogP contribution in [0, 0.1) is 0 Å². The predicted octanol–water partition coefficient (Wildman–Crippen LogP) is 4.84. The monoisotopic (exact) mass is 575 g/mol. The summed E-state index contributed by atoms with van der Waals surface area (Å²) in [4.78, 5) is 25.5. The Bertz CT molecular complexity index is 902. The van der Waals surface area contributed by atoms with Gasteiger partial charge in [-0.25, -0.2) is 9.36 Å². The molecule has 2 unspecified atom stereocenters. The summed E-state index contributed by atoms with van der Waals surface area (Å²) >= 11 is 0. The molecule has 2 heterocycles. The van der Waals surface area contributed by atoms with Gasteiger partial charge < -0.3 is 25.6 Å². The zero-order valence-corrected chi connectivity index (χ0v) is 24.4. The molecule has 0 spiro atoms. The minimum absolute atomic E-state index is 0.00637. The second kappa shape index (κ2) is 18.9. The van der Waals surface area contributed by atoms with Crippen LogP contribution in [-0.2, 0) is 18.3 Å². The highest BCUT2D eigenvalue weighted by Crippen LogP contribution is 2.44. The molecule has 11 nitrogen and oxygen atoms in total. The van der Waals surface area contributed by atoms with Crippen molar-refractivity contribution in [3.8, 4) is 0 Å². The van der Waals surface area contributed by atoms with Crippen molar-refractivity contribution in [2.75, 3.05) is 18.9 Å². The SMILES string of the molecule is CCCCCCCCCCCCCCCCCCOP(=O)(O)OC[C@H]1O[C@@H](n2ccc(N)nc2=O)C(O)[C@H]1O. The van der Waals surface area contributed by atoms with Gasteiger partial charge in [0.1, 0.15) is 24.1 Å². The molecule has 226 valence electrons. The molecule has 1 aliphatic heterocycles. The van der Waals surface area contributed by atoms with Crippen molar-refractivity contribution in [1.82, 2.24) is 9.55 Å². The molecule has 1 aromatic heterocycles. The van der Waals surface area contributed by atoms with E-state index in [0.29, 0.717) is 6.42 Å². The van der Waals surface area contributed by atoms with E-state index in [1.54, 1.807) is 0 Å². The van der Waals surface area contributed by atoms with Crippen molar-refractivity contribution in [3.05, 3.63) is 22.7 Å². The number of anilines is 1. The van der Waals surface area contributed by atoms with E-state index in [2.05, 4.69) is 11.9 Å². The maximum atomic E-state index is 12.2. The molecule has 2 rings (SSSR count). The van der Waals surface area contributed by atoms with Gasteiger partial charge in [-0.15, -0.1) is 0 Å². The van der Waals surface area contributed by atoms with Crippen LogP contribution in [0.4, 0.5) is 5.82 Å². The Morgan fingerprint density at radius 2 is 1.41 bits per heavy atom. The van der Waals surface area contributed by atoms with E-state index in [9.17, 15) is 24.5 Å². The number of phosphoric acid groups is 1. The van der Waals surface area contributed by atoms with Gasteiger partial charge >= 0.3 is 13.5 Å². The molecule has 1 aliphatic rings. The highest BCUT2D eigenvalue weighted by Gasteiger charge is 2.45. The largest absolute Gasteiger partial charge is 0.472 e. The van der Waals surface area contributed by atoms with Gasteiger partial charge in [-0.3, -0.25) is 13.6 Å². The summed E-state index contributed by atoms with van der Waals surface area (Å²) in [7, 11) is -4.36. The maximum Gasteiger partial charge on any atom is 0.472 e. The lowest BCUT2D eigenvalue weighted by atomic mass is 10.0. The number of aliphatic hydroxyl groups is 2. The summed E-state index contributed by atoms with van der Waals surface area (Å²) in [6.45, 7) is 1.83. The lowest BCUT2D eigenvalue weighted by Gasteiger charge is -2.18. The standard InChI is InChI=1S/C27H50N3O8P/c1-2-3-4-5-6-7-8-9-10-11-12-13-14-15-16-17-20-36-39(34,35)37-21-22-24(31)25(32)26(38-22)30-19-18-23(28)29-27(30)33/h18-19,22,24-26,31-32H,2-17,20-21H2,1H3,(H,34,35)(H2,28,29,33)/t22-,24+,25?,26-/m1/s1. The third-order valence-corrected chi connectivity index (χ3v) is 8.10. The first kappa shape index (κ1) is 33.9. The molecule has 1 fully saturated rings. The van der Waals surface area contributed by atoms with Crippen molar-refractivity contribution in [2.24, 2.45) is 0 Å².